The number of halogens is 4. The molecule has 0 saturated heterocycles. The lowest BCUT2D eigenvalue weighted by Gasteiger charge is -2.20. The molecular formula is C33H46ClF3. The first-order valence-corrected chi connectivity index (χ1v) is 12.6. The summed E-state index contributed by atoms with van der Waals surface area (Å²) in [7, 11) is 0. The summed E-state index contributed by atoms with van der Waals surface area (Å²) in [4.78, 5) is 0. The van der Waals surface area contributed by atoms with Crippen LogP contribution in [0.3, 0.4) is 0 Å². The Morgan fingerprint density at radius 2 is 0.865 bits per heavy atom. The summed E-state index contributed by atoms with van der Waals surface area (Å²) in [6, 6.07) is 22.2. The molecule has 0 N–H and O–H groups in total. The molecule has 0 aliphatic carbocycles. The molecule has 0 aliphatic heterocycles. The molecule has 206 valence electrons. The van der Waals surface area contributed by atoms with E-state index >= 15 is 0 Å². The van der Waals surface area contributed by atoms with E-state index in [0.29, 0.717) is 5.56 Å². The molecule has 0 spiro atoms. The summed E-state index contributed by atoms with van der Waals surface area (Å²) in [6.07, 6.45) is -4.25. The topological polar surface area (TPSA) is 0 Å². The van der Waals surface area contributed by atoms with Crippen molar-refractivity contribution in [2.75, 3.05) is 0 Å². The molecule has 0 nitrogen and oxygen atoms in total. The summed E-state index contributed by atoms with van der Waals surface area (Å²) < 4.78 is 37.1. The van der Waals surface area contributed by atoms with Crippen LogP contribution in [0.4, 0.5) is 13.2 Å². The lowest BCUT2D eigenvalue weighted by Crippen LogP contribution is -2.13. The Labute approximate surface area is 229 Å². The van der Waals surface area contributed by atoms with Crippen molar-refractivity contribution in [1.29, 1.82) is 0 Å². The molecule has 0 atom stereocenters. The Hall–Kier alpha value is -2.26. The average molecular weight is 535 g/mol. The fourth-order valence-electron chi connectivity index (χ4n) is 3.23. The van der Waals surface area contributed by atoms with Gasteiger partial charge in [0.2, 0.25) is 0 Å². The molecule has 3 rings (SSSR count). The monoisotopic (exact) mass is 534 g/mol. The molecule has 0 aliphatic rings. The first-order chi connectivity index (χ1) is 16.2. The van der Waals surface area contributed by atoms with Crippen LogP contribution >= 0.6 is 11.6 Å². The molecule has 3 aromatic carbocycles. The molecule has 0 heterocycles. The minimum absolute atomic E-state index is 0. The summed E-state index contributed by atoms with van der Waals surface area (Å²) >= 11 is 5.85. The minimum Gasteiger partial charge on any atom is -0.166 e. The van der Waals surface area contributed by atoms with Crippen LogP contribution in [0.1, 0.15) is 97.6 Å². The number of benzene rings is 3. The van der Waals surface area contributed by atoms with E-state index in [1.54, 1.807) is 6.07 Å². The van der Waals surface area contributed by atoms with Gasteiger partial charge >= 0.3 is 6.18 Å². The van der Waals surface area contributed by atoms with Crippen LogP contribution in [0.25, 0.3) is 0 Å². The van der Waals surface area contributed by atoms with Crippen molar-refractivity contribution in [2.45, 2.75) is 99.1 Å². The smallest absolute Gasteiger partial charge is 0.166 e. The van der Waals surface area contributed by atoms with Gasteiger partial charge < -0.3 is 0 Å². The third-order valence-electron chi connectivity index (χ3n) is 5.63. The van der Waals surface area contributed by atoms with E-state index in [9.17, 15) is 13.2 Å². The van der Waals surface area contributed by atoms with Crippen LogP contribution < -0.4 is 0 Å². The Kier molecular flexibility index (Phi) is 12.7. The van der Waals surface area contributed by atoms with E-state index in [1.807, 2.05) is 39.0 Å². The third kappa shape index (κ3) is 12.7. The van der Waals surface area contributed by atoms with Crippen molar-refractivity contribution in [3.8, 4) is 0 Å². The van der Waals surface area contributed by atoms with Gasteiger partial charge in [-0.2, -0.15) is 13.2 Å². The maximum Gasteiger partial charge on any atom is 0.416 e. The highest BCUT2D eigenvalue weighted by atomic mass is 35.5. The van der Waals surface area contributed by atoms with E-state index in [1.165, 1.54) is 28.8 Å². The predicted molar refractivity (Wildman–Crippen MR) is 157 cm³/mol. The number of alkyl halides is 3. The van der Waals surface area contributed by atoms with Crippen molar-refractivity contribution >= 4 is 11.6 Å². The second kappa shape index (κ2) is 13.5. The van der Waals surface area contributed by atoms with Crippen molar-refractivity contribution in [2.24, 2.45) is 0 Å². The number of hydrogen-bond donors (Lipinski definition) is 0. The van der Waals surface area contributed by atoms with Crippen LogP contribution in [-0.2, 0) is 22.4 Å². The summed E-state index contributed by atoms with van der Waals surface area (Å²) in [6.45, 7) is 21.1. The van der Waals surface area contributed by atoms with Gasteiger partial charge in [-0.1, -0.05) is 142 Å². The van der Waals surface area contributed by atoms with Gasteiger partial charge in [-0.15, -0.1) is 0 Å². The number of aryl methyl sites for hydroxylation is 1. The summed E-state index contributed by atoms with van der Waals surface area (Å²) in [5.74, 6) is 0. The van der Waals surface area contributed by atoms with Gasteiger partial charge in [0.1, 0.15) is 0 Å². The fourth-order valence-corrected chi connectivity index (χ4v) is 3.42. The lowest BCUT2D eigenvalue weighted by molar-refractivity contribution is -0.137. The molecule has 37 heavy (non-hydrogen) atoms. The maximum atomic E-state index is 12.4. The quantitative estimate of drug-likeness (QED) is 0.269. The molecule has 0 saturated carbocycles. The maximum absolute atomic E-state index is 12.4. The van der Waals surface area contributed by atoms with Gasteiger partial charge in [-0.05, 0) is 58.1 Å². The van der Waals surface area contributed by atoms with Crippen molar-refractivity contribution in [3.63, 3.8) is 0 Å². The van der Waals surface area contributed by atoms with Gasteiger partial charge in [0.15, 0.2) is 0 Å². The van der Waals surface area contributed by atoms with Crippen LogP contribution in [0.2, 0.25) is 5.02 Å². The second-order valence-corrected chi connectivity index (χ2v) is 12.6. The number of rotatable bonds is 0. The normalized spacial score (nSPS) is 11.8. The molecule has 0 amide bonds. The average Bonchev–Trinajstić information content (AvgIpc) is 2.72. The minimum atomic E-state index is -4.25. The van der Waals surface area contributed by atoms with Crippen molar-refractivity contribution in [1.82, 2.24) is 0 Å². The Balaban J connectivity index is 0.000000524. The van der Waals surface area contributed by atoms with Crippen LogP contribution in [0.15, 0.2) is 72.8 Å². The van der Waals surface area contributed by atoms with Crippen LogP contribution in [-0.4, -0.2) is 0 Å². The van der Waals surface area contributed by atoms with E-state index in [2.05, 4.69) is 78.8 Å². The fraction of sp³-hybridized carbons (Fsp3) is 0.455. The van der Waals surface area contributed by atoms with E-state index in [-0.39, 0.29) is 23.7 Å². The zero-order valence-electron chi connectivity index (χ0n) is 23.4. The highest BCUT2D eigenvalue weighted by Gasteiger charge is 2.31. The molecule has 3 aromatic rings. The van der Waals surface area contributed by atoms with Gasteiger partial charge in [0.05, 0.1) is 5.56 Å². The SMILES string of the molecule is C.CC(C)(C)c1cccc(C(F)(F)F)c1.CC(C)(C)c1cccc(Cl)c1.Cc1cccc(C(C)(C)C)c1. The Morgan fingerprint density at radius 3 is 1.19 bits per heavy atom. The zero-order chi connectivity index (χ0) is 27.9. The predicted octanol–water partition coefficient (Wildman–Crippen LogP) is 11.6. The van der Waals surface area contributed by atoms with Gasteiger partial charge in [-0.25, -0.2) is 0 Å². The van der Waals surface area contributed by atoms with Crippen molar-refractivity contribution < 1.29 is 13.2 Å². The van der Waals surface area contributed by atoms with Crippen LogP contribution in [0.5, 0.6) is 0 Å². The lowest BCUT2D eigenvalue weighted by atomic mass is 9.86. The summed E-state index contributed by atoms with van der Waals surface area (Å²) in [5, 5.41) is 0.817. The largest absolute Gasteiger partial charge is 0.416 e. The van der Waals surface area contributed by atoms with Crippen LogP contribution in [0, 0.1) is 6.92 Å². The standard InChI is InChI=1S/C11H13F3.C11H16.C10H13Cl.CH4/c1-10(2,3)8-5-4-6-9(7-8)11(12,13)14;1-9-6-5-7-10(8-9)11(2,3)4;1-10(2,3)8-5-4-6-9(11)7-8;/h4-7H,1-3H3;5-8H,1-4H3;4-7H,1-3H3;1H4. The Bertz CT molecular complexity index is 1010. The molecule has 0 aromatic heterocycles. The second-order valence-electron chi connectivity index (χ2n) is 12.2. The molecule has 0 fully saturated rings. The number of hydrogen-bond acceptors (Lipinski definition) is 0. The first-order valence-electron chi connectivity index (χ1n) is 12.2. The molecular weight excluding hydrogens is 489 g/mol. The first kappa shape index (κ1) is 34.7. The third-order valence-corrected chi connectivity index (χ3v) is 5.87. The zero-order valence-corrected chi connectivity index (χ0v) is 24.2. The molecule has 0 radical (unpaired) electrons. The van der Waals surface area contributed by atoms with E-state index in [0.717, 1.165) is 11.1 Å². The highest BCUT2D eigenvalue weighted by Crippen LogP contribution is 2.32. The van der Waals surface area contributed by atoms with Gasteiger partial charge in [-0.3, -0.25) is 0 Å². The highest BCUT2D eigenvalue weighted by molar-refractivity contribution is 6.30. The van der Waals surface area contributed by atoms with Gasteiger partial charge in [0.25, 0.3) is 0 Å². The van der Waals surface area contributed by atoms with Gasteiger partial charge in [0, 0.05) is 5.02 Å². The summed E-state index contributed by atoms with van der Waals surface area (Å²) in [5.41, 5.74) is 4.40. The Morgan fingerprint density at radius 1 is 0.514 bits per heavy atom. The van der Waals surface area contributed by atoms with Crippen molar-refractivity contribution in [3.05, 3.63) is 106 Å². The van der Waals surface area contributed by atoms with E-state index < -0.39 is 11.7 Å². The molecule has 0 bridgehead atoms. The molecule has 0 unspecified atom stereocenters. The molecule has 4 heteroatoms. The van der Waals surface area contributed by atoms with E-state index in [4.69, 9.17) is 11.6 Å².